The number of aromatic nitrogens is 4. The Balaban J connectivity index is 1.42. The van der Waals surface area contributed by atoms with E-state index < -0.39 is 21.9 Å². The van der Waals surface area contributed by atoms with Gasteiger partial charge in [-0.15, -0.1) is 11.3 Å². The van der Waals surface area contributed by atoms with Crippen LogP contribution in [-0.4, -0.2) is 93.8 Å². The molecule has 13 nitrogen and oxygen atoms in total. The normalized spacial score (nSPS) is 14.9. The molecule has 5 rings (SSSR count). The molecule has 0 atom stereocenters. The molecule has 3 aromatic heterocycles. The molecule has 4 aromatic rings. The molecule has 0 unspecified atom stereocenters. The topological polar surface area (TPSA) is 174 Å². The van der Waals surface area contributed by atoms with Crippen molar-refractivity contribution in [1.29, 1.82) is 0 Å². The number of fused-ring (bicyclic) bond motifs is 1. The van der Waals surface area contributed by atoms with Crippen LogP contribution in [0.1, 0.15) is 39.0 Å². The first-order valence-electron chi connectivity index (χ1n) is 13.0. The standard InChI is InChI=1S/C26H29ClN8O5S2/c1-14(2)35-6-4-34(5-7-35)13-21-31-22(23(41-21)26(37)38)25(36)30-18-8-15(9-19-17(18)12-29-32-19)16-10-20(24(27)28-11-16)33-42(3,39)40/h8-12,14,33H,4-7,13H2,1-3H3,(H,29,32)(H,30,36)(H,37,38). The quantitative estimate of drug-likeness (QED) is 0.200. The van der Waals surface area contributed by atoms with Gasteiger partial charge in [0.05, 0.1) is 35.9 Å². The summed E-state index contributed by atoms with van der Waals surface area (Å²) in [5.74, 6) is -1.90. The van der Waals surface area contributed by atoms with E-state index in [0.29, 0.717) is 45.3 Å². The Bertz CT molecular complexity index is 1760. The Hall–Kier alpha value is -3.63. The summed E-state index contributed by atoms with van der Waals surface area (Å²) in [7, 11) is -3.61. The average Bonchev–Trinajstić information content (AvgIpc) is 3.57. The molecular weight excluding hydrogens is 604 g/mol. The van der Waals surface area contributed by atoms with Crippen molar-refractivity contribution in [3.8, 4) is 11.1 Å². The third kappa shape index (κ3) is 6.71. The van der Waals surface area contributed by atoms with Crippen LogP contribution in [0.3, 0.4) is 0 Å². The monoisotopic (exact) mass is 632 g/mol. The van der Waals surface area contributed by atoms with Crippen LogP contribution in [0, 0.1) is 0 Å². The summed E-state index contributed by atoms with van der Waals surface area (Å²) in [4.78, 5) is 38.5. The lowest BCUT2D eigenvalue weighted by Crippen LogP contribution is -2.48. The molecule has 16 heteroatoms. The van der Waals surface area contributed by atoms with E-state index in [-0.39, 0.29) is 21.4 Å². The fourth-order valence-electron chi connectivity index (χ4n) is 4.74. The lowest BCUT2D eigenvalue weighted by atomic mass is 10.0. The molecule has 0 aliphatic carbocycles. The molecule has 1 aliphatic rings. The van der Waals surface area contributed by atoms with Gasteiger partial charge in [0.25, 0.3) is 5.91 Å². The number of hydrogen-bond donors (Lipinski definition) is 4. The average molecular weight is 633 g/mol. The van der Waals surface area contributed by atoms with Gasteiger partial charge >= 0.3 is 5.97 Å². The number of halogens is 1. The number of benzene rings is 1. The maximum atomic E-state index is 13.4. The predicted octanol–water partition coefficient (Wildman–Crippen LogP) is 3.58. The number of carboxylic acids is 1. The molecule has 0 radical (unpaired) electrons. The fraction of sp³-hybridized carbons (Fsp3) is 0.346. The second-order valence-electron chi connectivity index (χ2n) is 10.2. The third-order valence-corrected chi connectivity index (χ3v) is 8.77. The number of sulfonamides is 1. The summed E-state index contributed by atoms with van der Waals surface area (Å²) in [5.41, 5.74) is 1.94. The van der Waals surface area contributed by atoms with Crippen molar-refractivity contribution in [1.82, 2.24) is 30.0 Å². The Labute approximate surface area is 251 Å². The van der Waals surface area contributed by atoms with Gasteiger partial charge in [-0.2, -0.15) is 5.10 Å². The molecule has 42 heavy (non-hydrogen) atoms. The number of carbonyl (C=O) groups is 2. The lowest BCUT2D eigenvalue weighted by Gasteiger charge is -2.36. The third-order valence-electron chi connectivity index (χ3n) is 6.85. The van der Waals surface area contributed by atoms with Crippen LogP contribution in [-0.2, 0) is 16.6 Å². The van der Waals surface area contributed by atoms with Gasteiger partial charge in [-0.05, 0) is 37.6 Å². The van der Waals surface area contributed by atoms with Crippen molar-refractivity contribution in [2.45, 2.75) is 26.4 Å². The van der Waals surface area contributed by atoms with Crippen molar-refractivity contribution in [3.05, 3.63) is 51.3 Å². The van der Waals surface area contributed by atoms with Crippen molar-refractivity contribution in [2.75, 3.05) is 42.5 Å². The number of carbonyl (C=O) groups excluding carboxylic acids is 1. The van der Waals surface area contributed by atoms with Gasteiger partial charge in [-0.3, -0.25) is 24.4 Å². The molecule has 222 valence electrons. The summed E-state index contributed by atoms with van der Waals surface area (Å²) < 4.78 is 25.9. The van der Waals surface area contributed by atoms with E-state index in [1.54, 1.807) is 12.1 Å². The zero-order valence-electron chi connectivity index (χ0n) is 23.0. The number of amides is 1. The Morgan fingerprint density at radius 3 is 2.50 bits per heavy atom. The number of aromatic carboxylic acids is 1. The van der Waals surface area contributed by atoms with E-state index in [4.69, 9.17) is 11.6 Å². The first-order valence-corrected chi connectivity index (χ1v) is 16.1. The number of pyridine rings is 1. The van der Waals surface area contributed by atoms with Crippen LogP contribution in [0.15, 0.2) is 30.6 Å². The van der Waals surface area contributed by atoms with Crippen LogP contribution >= 0.6 is 22.9 Å². The molecule has 0 bridgehead atoms. The van der Waals surface area contributed by atoms with Gasteiger partial charge in [0, 0.05) is 49.4 Å². The molecule has 0 saturated carbocycles. The minimum atomic E-state index is -3.61. The lowest BCUT2D eigenvalue weighted by molar-refractivity contribution is 0.0697. The Kier molecular flexibility index (Phi) is 8.48. The minimum absolute atomic E-state index is 0.0253. The highest BCUT2D eigenvalue weighted by Crippen LogP contribution is 2.33. The molecule has 1 aliphatic heterocycles. The van der Waals surface area contributed by atoms with E-state index >= 15 is 0 Å². The largest absolute Gasteiger partial charge is 0.477 e. The van der Waals surface area contributed by atoms with E-state index in [9.17, 15) is 23.1 Å². The van der Waals surface area contributed by atoms with Gasteiger partial charge in [0.15, 0.2) is 10.8 Å². The molecular formula is C26H29ClN8O5S2. The number of hydrogen-bond acceptors (Lipinski definition) is 10. The van der Waals surface area contributed by atoms with Crippen LogP contribution in [0.2, 0.25) is 5.15 Å². The second-order valence-corrected chi connectivity index (χ2v) is 13.4. The number of rotatable bonds is 9. The van der Waals surface area contributed by atoms with Gasteiger partial charge in [-0.25, -0.2) is 23.2 Å². The molecule has 4 N–H and O–H groups in total. The summed E-state index contributed by atoms with van der Waals surface area (Å²) >= 11 is 7.09. The number of H-pyrrole nitrogens is 1. The number of anilines is 2. The summed E-state index contributed by atoms with van der Waals surface area (Å²) in [6, 6.07) is 5.40. The number of thiazole rings is 1. The second kappa shape index (κ2) is 11.9. The number of carboxylic acid groups (broad SMARTS) is 1. The maximum Gasteiger partial charge on any atom is 0.348 e. The highest BCUT2D eigenvalue weighted by Gasteiger charge is 2.26. The number of nitrogens with zero attached hydrogens (tertiary/aromatic N) is 5. The minimum Gasteiger partial charge on any atom is -0.477 e. The van der Waals surface area contributed by atoms with Crippen LogP contribution in [0.5, 0.6) is 0 Å². The van der Waals surface area contributed by atoms with E-state index in [0.717, 1.165) is 43.8 Å². The molecule has 1 amide bonds. The predicted molar refractivity (Wildman–Crippen MR) is 162 cm³/mol. The highest BCUT2D eigenvalue weighted by molar-refractivity contribution is 7.92. The summed E-state index contributed by atoms with van der Waals surface area (Å²) in [6.07, 6.45) is 4.00. The highest BCUT2D eigenvalue weighted by atomic mass is 35.5. The van der Waals surface area contributed by atoms with Crippen molar-refractivity contribution in [2.24, 2.45) is 0 Å². The number of nitrogens with one attached hydrogen (secondary N) is 3. The molecule has 1 fully saturated rings. The van der Waals surface area contributed by atoms with Crippen molar-refractivity contribution in [3.63, 3.8) is 0 Å². The smallest absolute Gasteiger partial charge is 0.348 e. The fourth-order valence-corrected chi connectivity index (χ4v) is 6.44. The zero-order chi connectivity index (χ0) is 30.2. The van der Waals surface area contributed by atoms with E-state index in [1.165, 1.54) is 18.5 Å². The first-order chi connectivity index (χ1) is 19.9. The van der Waals surface area contributed by atoms with Gasteiger partial charge in [0.2, 0.25) is 10.0 Å². The van der Waals surface area contributed by atoms with Crippen molar-refractivity contribution >= 4 is 67.1 Å². The number of aromatic amines is 1. The Morgan fingerprint density at radius 1 is 1.12 bits per heavy atom. The van der Waals surface area contributed by atoms with Crippen LogP contribution in [0.4, 0.5) is 11.4 Å². The van der Waals surface area contributed by atoms with Crippen molar-refractivity contribution < 1.29 is 23.1 Å². The molecule has 1 saturated heterocycles. The SMILES string of the molecule is CC(C)N1CCN(Cc2nc(C(=O)Nc3cc(-c4cnc(Cl)c(NS(C)(=O)=O)c4)cc4[nH]ncc34)c(C(=O)O)s2)CC1. The molecule has 4 heterocycles. The van der Waals surface area contributed by atoms with Gasteiger partial charge in [-0.1, -0.05) is 11.6 Å². The molecule has 0 spiro atoms. The first kappa shape index (κ1) is 29.8. The summed E-state index contributed by atoms with van der Waals surface area (Å²) in [5, 5.41) is 20.7. The Morgan fingerprint density at radius 2 is 1.83 bits per heavy atom. The maximum absolute atomic E-state index is 13.4. The molecule has 1 aromatic carbocycles. The van der Waals surface area contributed by atoms with Gasteiger partial charge < -0.3 is 10.4 Å². The van der Waals surface area contributed by atoms with E-state index in [2.05, 4.69) is 53.9 Å². The zero-order valence-corrected chi connectivity index (χ0v) is 25.4. The van der Waals surface area contributed by atoms with Crippen LogP contribution < -0.4 is 10.0 Å². The summed E-state index contributed by atoms with van der Waals surface area (Å²) in [6.45, 7) is 8.25. The van der Waals surface area contributed by atoms with E-state index in [1.807, 2.05) is 0 Å². The number of piperazine rings is 1. The van der Waals surface area contributed by atoms with Gasteiger partial charge in [0.1, 0.15) is 9.88 Å². The van der Waals surface area contributed by atoms with Crippen LogP contribution in [0.25, 0.3) is 22.0 Å².